The third kappa shape index (κ3) is 4.95. The number of nitriles is 1. The van der Waals surface area contributed by atoms with Gasteiger partial charge in [0.1, 0.15) is 5.75 Å². The highest BCUT2D eigenvalue weighted by molar-refractivity contribution is 5.80. The highest BCUT2D eigenvalue weighted by Crippen LogP contribution is 2.22. The Balaban J connectivity index is 1.62. The van der Waals surface area contributed by atoms with E-state index in [9.17, 15) is 0 Å². The summed E-state index contributed by atoms with van der Waals surface area (Å²) in [6.45, 7) is 7.23. The molecule has 1 aliphatic heterocycles. The van der Waals surface area contributed by atoms with Crippen LogP contribution in [-0.2, 0) is 6.54 Å². The van der Waals surface area contributed by atoms with Crippen LogP contribution in [0.3, 0.4) is 0 Å². The van der Waals surface area contributed by atoms with Crippen LogP contribution in [0.15, 0.2) is 53.5 Å². The number of methoxy groups -OCH3 is 1. The number of piperazine rings is 1. The van der Waals surface area contributed by atoms with Gasteiger partial charge in [-0.15, -0.1) is 0 Å². The smallest absolute Gasteiger partial charge is 0.194 e. The number of anilines is 1. The molecule has 0 bridgehead atoms. The minimum Gasteiger partial charge on any atom is -0.497 e. The molecule has 0 unspecified atom stereocenters. The number of ether oxygens (including phenoxy) is 1. The normalized spacial score (nSPS) is 14.5. The molecule has 2 aromatic rings. The van der Waals surface area contributed by atoms with Crippen LogP contribution < -0.4 is 15.0 Å². The van der Waals surface area contributed by atoms with Crippen LogP contribution in [0.1, 0.15) is 18.1 Å². The van der Waals surface area contributed by atoms with Gasteiger partial charge < -0.3 is 19.9 Å². The summed E-state index contributed by atoms with van der Waals surface area (Å²) >= 11 is 0. The quantitative estimate of drug-likeness (QED) is 0.641. The monoisotopic (exact) mass is 377 g/mol. The van der Waals surface area contributed by atoms with Crippen molar-refractivity contribution in [2.24, 2.45) is 4.99 Å². The lowest BCUT2D eigenvalue weighted by atomic mass is 10.1. The van der Waals surface area contributed by atoms with E-state index in [1.165, 1.54) is 5.69 Å². The molecule has 0 atom stereocenters. The number of aliphatic imine (C=N–C) groups is 1. The Morgan fingerprint density at radius 2 is 1.89 bits per heavy atom. The van der Waals surface area contributed by atoms with Crippen LogP contribution in [0.2, 0.25) is 0 Å². The molecule has 1 heterocycles. The van der Waals surface area contributed by atoms with Gasteiger partial charge in [0.05, 0.1) is 25.3 Å². The fourth-order valence-corrected chi connectivity index (χ4v) is 3.26. The topological polar surface area (TPSA) is 63.9 Å². The summed E-state index contributed by atoms with van der Waals surface area (Å²) < 4.78 is 5.34. The van der Waals surface area contributed by atoms with Crippen molar-refractivity contribution in [1.82, 2.24) is 10.2 Å². The maximum absolute atomic E-state index is 8.91. The molecule has 2 aromatic carbocycles. The zero-order valence-corrected chi connectivity index (χ0v) is 16.6. The lowest BCUT2D eigenvalue weighted by Crippen LogP contribution is -2.52. The summed E-state index contributed by atoms with van der Waals surface area (Å²) in [5, 5.41) is 12.3. The minimum atomic E-state index is 0.601. The minimum absolute atomic E-state index is 0.601. The zero-order valence-electron chi connectivity index (χ0n) is 16.6. The van der Waals surface area contributed by atoms with Crippen molar-refractivity contribution >= 4 is 11.6 Å². The van der Waals surface area contributed by atoms with Gasteiger partial charge >= 0.3 is 0 Å². The van der Waals surface area contributed by atoms with Crippen LogP contribution in [-0.4, -0.2) is 50.7 Å². The first-order valence-corrected chi connectivity index (χ1v) is 9.64. The predicted molar refractivity (Wildman–Crippen MR) is 113 cm³/mol. The fraction of sp³-hybridized carbons (Fsp3) is 0.364. The molecule has 6 nitrogen and oxygen atoms in total. The second-order valence-corrected chi connectivity index (χ2v) is 6.65. The van der Waals surface area contributed by atoms with Crippen molar-refractivity contribution in [2.75, 3.05) is 44.7 Å². The third-order valence-electron chi connectivity index (χ3n) is 4.83. The number of nitrogens with one attached hydrogen (secondary N) is 1. The molecule has 3 rings (SSSR count). The van der Waals surface area contributed by atoms with Gasteiger partial charge in [-0.3, -0.25) is 0 Å². The van der Waals surface area contributed by atoms with Gasteiger partial charge in [0.25, 0.3) is 0 Å². The van der Waals surface area contributed by atoms with E-state index in [4.69, 9.17) is 15.0 Å². The molecule has 1 N–H and O–H groups in total. The van der Waals surface area contributed by atoms with Crippen molar-refractivity contribution in [2.45, 2.75) is 13.5 Å². The zero-order chi connectivity index (χ0) is 19.8. The van der Waals surface area contributed by atoms with Gasteiger partial charge in [0.15, 0.2) is 5.96 Å². The summed E-state index contributed by atoms with van der Waals surface area (Å²) in [5.74, 6) is 1.83. The number of rotatable bonds is 5. The number of guanidine groups is 1. The lowest BCUT2D eigenvalue weighted by molar-refractivity contribution is 0.372. The molecule has 0 spiro atoms. The van der Waals surface area contributed by atoms with E-state index < -0.39 is 0 Å². The van der Waals surface area contributed by atoms with Gasteiger partial charge in [-0.25, -0.2) is 4.99 Å². The average molecular weight is 377 g/mol. The summed E-state index contributed by atoms with van der Waals surface area (Å²) in [7, 11) is 1.70. The maximum atomic E-state index is 8.91. The van der Waals surface area contributed by atoms with Crippen molar-refractivity contribution in [3.8, 4) is 11.8 Å². The summed E-state index contributed by atoms with van der Waals surface area (Å²) in [5.41, 5.74) is 2.97. The second-order valence-electron chi connectivity index (χ2n) is 6.65. The third-order valence-corrected chi connectivity index (χ3v) is 4.83. The lowest BCUT2D eigenvalue weighted by Gasteiger charge is -2.37. The number of nitrogens with zero attached hydrogens (tertiary/aromatic N) is 4. The Hall–Kier alpha value is -3.20. The summed E-state index contributed by atoms with van der Waals surface area (Å²) in [6, 6.07) is 18.0. The van der Waals surface area contributed by atoms with Crippen LogP contribution in [0, 0.1) is 11.3 Å². The Morgan fingerprint density at radius 3 is 2.54 bits per heavy atom. The van der Waals surface area contributed by atoms with Crippen molar-refractivity contribution < 1.29 is 4.74 Å². The van der Waals surface area contributed by atoms with Gasteiger partial charge in [-0.05, 0) is 36.8 Å². The Kier molecular flexibility index (Phi) is 6.74. The van der Waals surface area contributed by atoms with E-state index >= 15 is 0 Å². The molecule has 1 saturated heterocycles. The first-order valence-electron chi connectivity index (χ1n) is 9.64. The Bertz CT molecular complexity index is 833. The Morgan fingerprint density at radius 1 is 1.14 bits per heavy atom. The van der Waals surface area contributed by atoms with E-state index in [1.54, 1.807) is 7.11 Å². The van der Waals surface area contributed by atoms with Crippen LogP contribution >= 0.6 is 0 Å². The Labute approximate surface area is 167 Å². The molecule has 1 aliphatic rings. The van der Waals surface area contributed by atoms with Gasteiger partial charge in [0, 0.05) is 44.5 Å². The molecule has 0 saturated carbocycles. The first kappa shape index (κ1) is 19.6. The predicted octanol–water partition coefficient (Wildman–Crippen LogP) is 2.85. The van der Waals surface area contributed by atoms with Gasteiger partial charge in [-0.2, -0.15) is 5.26 Å². The summed E-state index contributed by atoms with van der Waals surface area (Å²) in [6.07, 6.45) is 0. The van der Waals surface area contributed by atoms with Crippen LogP contribution in [0.25, 0.3) is 0 Å². The SMILES string of the molecule is CCNC(=NCc1ccc(C#N)cc1)N1CCN(c2cccc(OC)c2)CC1. The van der Waals surface area contributed by atoms with E-state index in [-0.39, 0.29) is 0 Å². The van der Waals surface area contributed by atoms with Crippen LogP contribution in [0.5, 0.6) is 5.75 Å². The molecule has 0 amide bonds. The van der Waals surface area contributed by atoms with E-state index in [0.717, 1.165) is 50.0 Å². The second kappa shape index (κ2) is 9.65. The molecule has 0 radical (unpaired) electrons. The molecule has 146 valence electrons. The van der Waals surface area contributed by atoms with Crippen molar-refractivity contribution in [3.63, 3.8) is 0 Å². The standard InChI is InChI=1S/C22H27N5O/c1-3-24-22(25-17-19-9-7-18(16-23)8-10-19)27-13-11-26(12-14-27)20-5-4-6-21(15-20)28-2/h4-10,15H,3,11-14,17H2,1-2H3,(H,24,25). The molecule has 0 aromatic heterocycles. The largest absolute Gasteiger partial charge is 0.497 e. The molecule has 28 heavy (non-hydrogen) atoms. The molecule has 6 heteroatoms. The van der Waals surface area contributed by atoms with E-state index in [0.29, 0.717) is 12.1 Å². The van der Waals surface area contributed by atoms with Gasteiger partial charge in [0.2, 0.25) is 0 Å². The fourth-order valence-electron chi connectivity index (χ4n) is 3.26. The number of hydrogen-bond donors (Lipinski definition) is 1. The number of hydrogen-bond acceptors (Lipinski definition) is 4. The van der Waals surface area contributed by atoms with Crippen LogP contribution in [0.4, 0.5) is 5.69 Å². The molecular formula is C22H27N5O. The van der Waals surface area contributed by atoms with E-state index in [2.05, 4.69) is 40.2 Å². The van der Waals surface area contributed by atoms with Crippen molar-refractivity contribution in [3.05, 3.63) is 59.7 Å². The van der Waals surface area contributed by atoms with E-state index in [1.807, 2.05) is 36.4 Å². The highest BCUT2D eigenvalue weighted by atomic mass is 16.5. The summed E-state index contributed by atoms with van der Waals surface area (Å²) in [4.78, 5) is 9.49. The molecular weight excluding hydrogens is 350 g/mol. The first-order chi connectivity index (χ1) is 13.7. The van der Waals surface area contributed by atoms with Gasteiger partial charge in [-0.1, -0.05) is 18.2 Å². The molecule has 1 fully saturated rings. The van der Waals surface area contributed by atoms with Crippen molar-refractivity contribution in [1.29, 1.82) is 5.26 Å². The number of benzene rings is 2. The average Bonchev–Trinajstić information content (AvgIpc) is 2.77. The molecule has 0 aliphatic carbocycles. The highest BCUT2D eigenvalue weighted by Gasteiger charge is 2.20. The maximum Gasteiger partial charge on any atom is 0.194 e.